The second-order valence-corrected chi connectivity index (χ2v) is 6.68. The summed E-state index contributed by atoms with van der Waals surface area (Å²) < 4.78 is 24.8. The van der Waals surface area contributed by atoms with Gasteiger partial charge in [-0.05, 0) is 30.2 Å². The minimum absolute atomic E-state index is 0.0776. The van der Waals surface area contributed by atoms with Gasteiger partial charge >= 0.3 is 0 Å². The van der Waals surface area contributed by atoms with Gasteiger partial charge in [-0.25, -0.2) is 8.42 Å². The van der Waals surface area contributed by atoms with Gasteiger partial charge in [-0.1, -0.05) is 18.2 Å². The summed E-state index contributed by atoms with van der Waals surface area (Å²) in [5, 5.41) is 10.6. The predicted octanol–water partition coefficient (Wildman–Crippen LogP) is 2.46. The molecular formula is C14H14N2O4S. The summed E-state index contributed by atoms with van der Waals surface area (Å²) >= 11 is 0. The zero-order chi connectivity index (χ0) is 15.6. The molecule has 110 valence electrons. The largest absolute Gasteiger partial charge is 0.398 e. The van der Waals surface area contributed by atoms with Crippen LogP contribution in [0.3, 0.4) is 0 Å². The molecule has 21 heavy (non-hydrogen) atoms. The normalized spacial score (nSPS) is 11.3. The van der Waals surface area contributed by atoms with Gasteiger partial charge in [0.2, 0.25) is 0 Å². The second-order valence-electron chi connectivity index (χ2n) is 4.72. The molecule has 0 spiro atoms. The van der Waals surface area contributed by atoms with E-state index in [0.29, 0.717) is 5.56 Å². The first-order valence-electron chi connectivity index (χ1n) is 6.12. The topological polar surface area (TPSA) is 103 Å². The van der Waals surface area contributed by atoms with Crippen molar-refractivity contribution >= 4 is 21.2 Å². The van der Waals surface area contributed by atoms with Crippen molar-refractivity contribution in [2.75, 3.05) is 5.73 Å². The standard InChI is InChI=1S/C14H14N2O4S/c1-10-2-7-13(15)14(8-10)21(19,20)9-11-3-5-12(6-4-11)16(17)18/h2-8H,9,15H2,1H3. The first-order chi connectivity index (χ1) is 9.79. The summed E-state index contributed by atoms with van der Waals surface area (Å²) in [5.74, 6) is -0.251. The van der Waals surface area contributed by atoms with E-state index in [1.165, 1.54) is 30.3 Å². The van der Waals surface area contributed by atoms with Crippen LogP contribution in [0.25, 0.3) is 0 Å². The molecule has 2 aromatic rings. The van der Waals surface area contributed by atoms with Crippen molar-refractivity contribution in [2.45, 2.75) is 17.6 Å². The Morgan fingerprint density at radius 2 is 1.76 bits per heavy atom. The Morgan fingerprint density at radius 1 is 1.14 bits per heavy atom. The molecule has 0 aliphatic heterocycles. The summed E-state index contributed by atoms with van der Waals surface area (Å²) in [6, 6.07) is 10.2. The number of nitro groups is 1. The number of aryl methyl sites for hydroxylation is 1. The molecule has 0 aliphatic rings. The molecule has 0 atom stereocenters. The molecule has 0 fully saturated rings. The molecule has 2 aromatic carbocycles. The van der Waals surface area contributed by atoms with Crippen LogP contribution in [0.15, 0.2) is 47.4 Å². The van der Waals surface area contributed by atoms with E-state index in [9.17, 15) is 18.5 Å². The number of nitrogens with zero attached hydrogens (tertiary/aromatic N) is 1. The average molecular weight is 306 g/mol. The Hall–Kier alpha value is -2.41. The summed E-state index contributed by atoms with van der Waals surface area (Å²) in [5.41, 5.74) is 7.12. The van der Waals surface area contributed by atoms with E-state index in [4.69, 9.17) is 5.73 Å². The maximum atomic E-state index is 12.4. The fourth-order valence-electron chi connectivity index (χ4n) is 1.92. The van der Waals surface area contributed by atoms with Crippen molar-refractivity contribution in [1.29, 1.82) is 0 Å². The maximum absolute atomic E-state index is 12.4. The van der Waals surface area contributed by atoms with Crippen molar-refractivity contribution in [1.82, 2.24) is 0 Å². The number of nitrogens with two attached hydrogens (primary N) is 1. The van der Waals surface area contributed by atoms with E-state index in [-0.39, 0.29) is 22.0 Å². The molecule has 0 saturated heterocycles. The molecule has 0 aromatic heterocycles. The molecule has 2 rings (SSSR count). The Balaban J connectivity index is 2.33. The maximum Gasteiger partial charge on any atom is 0.269 e. The zero-order valence-corrected chi connectivity index (χ0v) is 12.1. The number of nitro benzene ring substituents is 1. The molecule has 0 aliphatic carbocycles. The monoisotopic (exact) mass is 306 g/mol. The number of non-ortho nitro benzene ring substituents is 1. The minimum atomic E-state index is -3.59. The van der Waals surface area contributed by atoms with Gasteiger partial charge in [-0.2, -0.15) is 0 Å². The molecule has 0 bridgehead atoms. The predicted molar refractivity (Wildman–Crippen MR) is 79.6 cm³/mol. The SMILES string of the molecule is Cc1ccc(N)c(S(=O)(=O)Cc2ccc([N+](=O)[O-])cc2)c1. The van der Waals surface area contributed by atoms with Crippen molar-refractivity contribution in [3.8, 4) is 0 Å². The summed E-state index contributed by atoms with van der Waals surface area (Å²) in [7, 11) is -3.59. The van der Waals surface area contributed by atoms with Crippen LogP contribution < -0.4 is 5.73 Å². The number of rotatable bonds is 4. The third kappa shape index (κ3) is 3.38. The highest BCUT2D eigenvalue weighted by Gasteiger charge is 2.19. The van der Waals surface area contributed by atoms with E-state index in [1.807, 2.05) is 0 Å². The summed E-state index contributed by atoms with van der Waals surface area (Å²) in [4.78, 5) is 10.1. The third-order valence-corrected chi connectivity index (χ3v) is 4.75. The van der Waals surface area contributed by atoms with Gasteiger partial charge in [0.05, 0.1) is 21.3 Å². The Morgan fingerprint density at radius 3 is 2.33 bits per heavy atom. The van der Waals surface area contributed by atoms with E-state index in [0.717, 1.165) is 5.56 Å². The van der Waals surface area contributed by atoms with Crippen LogP contribution in [0.4, 0.5) is 11.4 Å². The summed E-state index contributed by atoms with van der Waals surface area (Å²) in [6.07, 6.45) is 0. The number of anilines is 1. The zero-order valence-electron chi connectivity index (χ0n) is 11.3. The first kappa shape index (κ1) is 15.0. The number of sulfone groups is 1. The molecule has 0 heterocycles. The van der Waals surface area contributed by atoms with Crippen LogP contribution in [0.2, 0.25) is 0 Å². The van der Waals surface area contributed by atoms with Crippen molar-refractivity contribution in [3.05, 3.63) is 63.7 Å². The van der Waals surface area contributed by atoms with Crippen LogP contribution in [0.1, 0.15) is 11.1 Å². The van der Waals surface area contributed by atoms with Gasteiger partial charge in [-0.3, -0.25) is 10.1 Å². The average Bonchev–Trinajstić information content (AvgIpc) is 2.41. The molecule has 0 unspecified atom stereocenters. The lowest BCUT2D eigenvalue weighted by Gasteiger charge is -2.08. The highest BCUT2D eigenvalue weighted by atomic mass is 32.2. The van der Waals surface area contributed by atoms with Crippen LogP contribution in [-0.4, -0.2) is 13.3 Å². The van der Waals surface area contributed by atoms with E-state index in [2.05, 4.69) is 0 Å². The fourth-order valence-corrected chi connectivity index (χ4v) is 3.50. The molecule has 2 N–H and O–H groups in total. The number of nitrogen functional groups attached to an aromatic ring is 1. The molecule has 0 saturated carbocycles. The third-order valence-electron chi connectivity index (χ3n) is 3.01. The van der Waals surface area contributed by atoms with Crippen LogP contribution >= 0.6 is 0 Å². The quantitative estimate of drug-likeness (QED) is 0.531. The van der Waals surface area contributed by atoms with Gasteiger partial charge in [-0.15, -0.1) is 0 Å². The van der Waals surface area contributed by atoms with Gasteiger partial charge < -0.3 is 5.73 Å². The molecule has 6 nitrogen and oxygen atoms in total. The van der Waals surface area contributed by atoms with Gasteiger partial charge in [0.25, 0.3) is 5.69 Å². The van der Waals surface area contributed by atoms with Crippen molar-refractivity contribution in [3.63, 3.8) is 0 Å². The first-order valence-corrected chi connectivity index (χ1v) is 7.77. The highest BCUT2D eigenvalue weighted by Crippen LogP contribution is 2.24. The fraction of sp³-hybridized carbons (Fsp3) is 0.143. The highest BCUT2D eigenvalue weighted by molar-refractivity contribution is 7.90. The molecular weight excluding hydrogens is 292 g/mol. The Labute approximate surface area is 122 Å². The molecule has 0 radical (unpaired) electrons. The van der Waals surface area contributed by atoms with E-state index in [1.54, 1.807) is 19.1 Å². The van der Waals surface area contributed by atoms with Crippen LogP contribution in [0, 0.1) is 17.0 Å². The lowest BCUT2D eigenvalue weighted by molar-refractivity contribution is -0.384. The number of hydrogen-bond donors (Lipinski definition) is 1. The van der Waals surface area contributed by atoms with Crippen LogP contribution in [-0.2, 0) is 15.6 Å². The molecule has 0 amide bonds. The van der Waals surface area contributed by atoms with Gasteiger partial charge in [0.1, 0.15) is 0 Å². The van der Waals surface area contributed by atoms with Gasteiger partial charge in [0, 0.05) is 12.1 Å². The van der Waals surface area contributed by atoms with Gasteiger partial charge in [0.15, 0.2) is 9.84 Å². The summed E-state index contributed by atoms with van der Waals surface area (Å²) in [6.45, 7) is 1.78. The van der Waals surface area contributed by atoms with Crippen molar-refractivity contribution < 1.29 is 13.3 Å². The van der Waals surface area contributed by atoms with E-state index >= 15 is 0 Å². The lowest BCUT2D eigenvalue weighted by Crippen LogP contribution is -2.08. The van der Waals surface area contributed by atoms with Crippen LogP contribution in [0.5, 0.6) is 0 Å². The number of hydrogen-bond acceptors (Lipinski definition) is 5. The minimum Gasteiger partial charge on any atom is -0.398 e. The van der Waals surface area contributed by atoms with Crippen molar-refractivity contribution in [2.24, 2.45) is 0 Å². The number of benzene rings is 2. The van der Waals surface area contributed by atoms with E-state index < -0.39 is 14.8 Å². The Kier molecular flexibility index (Phi) is 3.95. The lowest BCUT2D eigenvalue weighted by atomic mass is 10.2. The smallest absolute Gasteiger partial charge is 0.269 e. The Bertz CT molecular complexity index is 783. The second kappa shape index (κ2) is 5.53. The molecule has 7 heteroatoms.